The Balaban J connectivity index is 1.23. The SMILES string of the molecule is CCC(=O)OC[C@H](C)CCC1=C(C)[C@H]2[C@H](C[C@H]3[C@H]4CC[C@H]5C[C@@H](OC(=O)CC)CC[C@]5(C)[C@@H]4CC[C@@]32C)O1. The topological polar surface area (TPSA) is 61.8 Å². The van der Waals surface area contributed by atoms with Crippen molar-refractivity contribution in [3.63, 3.8) is 0 Å². The molecule has 0 aromatic rings. The molecule has 4 saturated carbocycles. The van der Waals surface area contributed by atoms with Crippen molar-refractivity contribution in [1.29, 1.82) is 0 Å². The summed E-state index contributed by atoms with van der Waals surface area (Å²) in [6.45, 7) is 13.9. The van der Waals surface area contributed by atoms with Crippen LogP contribution in [-0.4, -0.2) is 30.8 Å². The van der Waals surface area contributed by atoms with Gasteiger partial charge in [0.05, 0.1) is 12.4 Å². The first kappa shape index (κ1) is 28.0. The number of ether oxygens (including phenoxy) is 3. The Kier molecular flexibility index (Phi) is 7.97. The third kappa shape index (κ3) is 4.83. The van der Waals surface area contributed by atoms with E-state index in [0.29, 0.717) is 54.1 Å². The van der Waals surface area contributed by atoms with E-state index >= 15 is 0 Å². The van der Waals surface area contributed by atoms with Crippen molar-refractivity contribution in [1.82, 2.24) is 0 Å². The van der Waals surface area contributed by atoms with Gasteiger partial charge < -0.3 is 14.2 Å². The van der Waals surface area contributed by atoms with E-state index in [1.807, 2.05) is 13.8 Å². The van der Waals surface area contributed by atoms with Crippen LogP contribution in [0.3, 0.4) is 0 Å². The average molecular weight is 529 g/mol. The number of allylic oxidation sites excluding steroid dienone is 1. The average Bonchev–Trinajstić information content (AvgIpc) is 3.38. The van der Waals surface area contributed by atoms with Crippen molar-refractivity contribution in [2.45, 2.75) is 131 Å². The molecule has 10 atom stereocenters. The molecule has 0 aromatic heterocycles. The zero-order valence-corrected chi connectivity index (χ0v) is 24.9. The number of carbonyl (C=O) groups is 2. The summed E-state index contributed by atoms with van der Waals surface area (Å²) >= 11 is 0. The first-order chi connectivity index (χ1) is 18.1. The van der Waals surface area contributed by atoms with Crippen molar-refractivity contribution in [3.8, 4) is 0 Å². The smallest absolute Gasteiger partial charge is 0.305 e. The van der Waals surface area contributed by atoms with E-state index in [0.717, 1.165) is 43.4 Å². The summed E-state index contributed by atoms with van der Waals surface area (Å²) in [5.74, 6) is 5.07. The second-order valence-corrected chi connectivity index (χ2v) is 14.1. The highest BCUT2D eigenvalue weighted by Gasteiger charge is 2.64. The largest absolute Gasteiger partial charge is 0.494 e. The molecule has 0 N–H and O–H groups in total. The summed E-state index contributed by atoms with van der Waals surface area (Å²) in [6.07, 6.45) is 13.2. The zero-order chi connectivity index (χ0) is 27.2. The van der Waals surface area contributed by atoms with Gasteiger partial charge in [-0.2, -0.15) is 0 Å². The fourth-order valence-electron chi connectivity index (χ4n) is 9.98. The number of carbonyl (C=O) groups excluding carboxylic acids is 2. The fraction of sp³-hybridized carbons (Fsp3) is 0.879. The molecule has 5 rings (SSSR count). The van der Waals surface area contributed by atoms with Crippen LogP contribution >= 0.6 is 0 Å². The summed E-state index contributed by atoms with van der Waals surface area (Å²) in [7, 11) is 0. The number of fused-ring (bicyclic) bond motifs is 7. The van der Waals surface area contributed by atoms with E-state index in [4.69, 9.17) is 14.2 Å². The Bertz CT molecular complexity index is 940. The number of hydrogen-bond donors (Lipinski definition) is 0. The third-order valence-corrected chi connectivity index (χ3v) is 12.1. The number of hydrogen-bond acceptors (Lipinski definition) is 5. The highest BCUT2D eigenvalue weighted by Crippen LogP contribution is 2.69. The van der Waals surface area contributed by atoms with Crippen LogP contribution in [-0.2, 0) is 23.8 Å². The van der Waals surface area contributed by atoms with Crippen molar-refractivity contribution < 1.29 is 23.8 Å². The molecule has 4 fully saturated rings. The number of esters is 2. The van der Waals surface area contributed by atoms with Crippen molar-refractivity contribution in [2.24, 2.45) is 46.3 Å². The molecule has 0 spiro atoms. The molecule has 38 heavy (non-hydrogen) atoms. The van der Waals surface area contributed by atoms with Crippen LogP contribution in [0.4, 0.5) is 0 Å². The molecule has 0 radical (unpaired) electrons. The van der Waals surface area contributed by atoms with Gasteiger partial charge in [-0.05, 0) is 111 Å². The molecular formula is C33H52O5. The van der Waals surface area contributed by atoms with Crippen molar-refractivity contribution in [2.75, 3.05) is 6.61 Å². The van der Waals surface area contributed by atoms with Crippen LogP contribution in [0, 0.1) is 46.3 Å². The predicted octanol–water partition coefficient (Wildman–Crippen LogP) is 7.62. The summed E-state index contributed by atoms with van der Waals surface area (Å²) < 4.78 is 17.9. The lowest BCUT2D eigenvalue weighted by Gasteiger charge is -2.61. The molecule has 0 amide bonds. The molecule has 0 unspecified atom stereocenters. The van der Waals surface area contributed by atoms with Gasteiger partial charge in [-0.25, -0.2) is 0 Å². The lowest BCUT2D eigenvalue weighted by molar-refractivity contribution is -0.161. The molecule has 214 valence electrons. The predicted molar refractivity (Wildman–Crippen MR) is 148 cm³/mol. The van der Waals surface area contributed by atoms with Crippen LogP contribution in [0.15, 0.2) is 11.3 Å². The zero-order valence-electron chi connectivity index (χ0n) is 24.9. The second-order valence-electron chi connectivity index (χ2n) is 14.1. The summed E-state index contributed by atoms with van der Waals surface area (Å²) in [4.78, 5) is 23.5. The molecule has 0 aromatic carbocycles. The standard InChI is InChI=1S/C33H52O5/c1-7-29(34)36-19-20(3)9-12-27-21(4)31-28(38-27)18-26-24-11-10-22-17-23(37-30(35)8-2)13-15-32(22,5)25(24)14-16-33(26,31)6/h20,22-26,28,31H,7-19H2,1-6H3/t20-,22+,23+,24+,25-,26+,28+,31+,32+,33+/m1/s1. The van der Waals surface area contributed by atoms with E-state index in [1.165, 1.54) is 49.9 Å². The van der Waals surface area contributed by atoms with E-state index in [2.05, 4.69) is 27.7 Å². The highest BCUT2D eigenvalue weighted by molar-refractivity contribution is 5.69. The molecule has 5 aliphatic rings. The van der Waals surface area contributed by atoms with Crippen molar-refractivity contribution in [3.05, 3.63) is 11.3 Å². The first-order valence-corrected chi connectivity index (χ1v) is 15.8. The third-order valence-electron chi connectivity index (χ3n) is 12.1. The Hall–Kier alpha value is -1.52. The maximum absolute atomic E-state index is 11.9. The first-order valence-electron chi connectivity index (χ1n) is 15.8. The van der Waals surface area contributed by atoms with E-state index in [9.17, 15) is 9.59 Å². The summed E-state index contributed by atoms with van der Waals surface area (Å²) in [6, 6.07) is 0. The lowest BCUT2D eigenvalue weighted by atomic mass is 9.44. The minimum atomic E-state index is -0.107. The molecule has 1 heterocycles. The summed E-state index contributed by atoms with van der Waals surface area (Å²) in [5.41, 5.74) is 2.25. The van der Waals surface area contributed by atoms with E-state index in [1.54, 1.807) is 0 Å². The van der Waals surface area contributed by atoms with Gasteiger partial charge in [-0.15, -0.1) is 0 Å². The molecule has 1 aliphatic heterocycles. The minimum absolute atomic E-state index is 0.0320. The maximum Gasteiger partial charge on any atom is 0.305 e. The number of rotatable bonds is 8. The normalized spacial score (nSPS) is 42.3. The van der Waals surface area contributed by atoms with Gasteiger partial charge in [0, 0.05) is 25.2 Å². The quantitative estimate of drug-likeness (QED) is 0.303. The molecule has 5 nitrogen and oxygen atoms in total. The monoisotopic (exact) mass is 528 g/mol. The molecule has 0 bridgehead atoms. The lowest BCUT2D eigenvalue weighted by Crippen LogP contribution is -2.54. The Morgan fingerprint density at radius 3 is 2.45 bits per heavy atom. The second kappa shape index (κ2) is 10.8. The van der Waals surface area contributed by atoms with Gasteiger partial charge in [0.1, 0.15) is 12.2 Å². The van der Waals surface area contributed by atoms with Gasteiger partial charge in [-0.3, -0.25) is 9.59 Å². The Morgan fingerprint density at radius 2 is 1.71 bits per heavy atom. The van der Waals surface area contributed by atoms with Crippen LogP contribution < -0.4 is 0 Å². The maximum atomic E-state index is 11.9. The highest BCUT2D eigenvalue weighted by atomic mass is 16.5. The fourth-order valence-corrected chi connectivity index (χ4v) is 9.98. The Labute approximate surface area is 230 Å². The van der Waals surface area contributed by atoms with Gasteiger partial charge in [-0.1, -0.05) is 34.6 Å². The molecule has 4 aliphatic carbocycles. The van der Waals surface area contributed by atoms with Gasteiger partial charge in [0.25, 0.3) is 0 Å². The molecule has 0 saturated heterocycles. The van der Waals surface area contributed by atoms with Crippen LogP contribution in [0.2, 0.25) is 0 Å². The van der Waals surface area contributed by atoms with E-state index in [-0.39, 0.29) is 18.0 Å². The van der Waals surface area contributed by atoms with Crippen LogP contribution in [0.1, 0.15) is 119 Å². The Morgan fingerprint density at radius 1 is 0.974 bits per heavy atom. The van der Waals surface area contributed by atoms with Gasteiger partial charge in [0.15, 0.2) is 0 Å². The van der Waals surface area contributed by atoms with E-state index < -0.39 is 0 Å². The molecule has 5 heteroatoms. The van der Waals surface area contributed by atoms with Crippen LogP contribution in [0.5, 0.6) is 0 Å². The van der Waals surface area contributed by atoms with Crippen LogP contribution in [0.25, 0.3) is 0 Å². The van der Waals surface area contributed by atoms with Gasteiger partial charge in [0.2, 0.25) is 0 Å². The van der Waals surface area contributed by atoms with Gasteiger partial charge >= 0.3 is 11.9 Å². The molecular weight excluding hydrogens is 476 g/mol. The minimum Gasteiger partial charge on any atom is -0.494 e. The summed E-state index contributed by atoms with van der Waals surface area (Å²) in [5, 5.41) is 0. The van der Waals surface area contributed by atoms with Crippen molar-refractivity contribution >= 4 is 11.9 Å².